The second-order valence-corrected chi connectivity index (χ2v) is 10.7. The Morgan fingerprint density at radius 1 is 0.462 bits per heavy atom. The lowest BCUT2D eigenvalue weighted by Crippen LogP contribution is -2.12. The van der Waals surface area contributed by atoms with E-state index in [9.17, 15) is 0 Å². The largest absolute Gasteiger partial charge is 0.377 e. The summed E-state index contributed by atoms with van der Waals surface area (Å²) in [6, 6.07) is 17.6. The first kappa shape index (κ1) is 33.0. The summed E-state index contributed by atoms with van der Waals surface area (Å²) in [6.07, 6.45) is 21.7. The molecule has 0 spiro atoms. The summed E-state index contributed by atoms with van der Waals surface area (Å²) in [6.45, 7) is 12.4. The molecule has 0 aliphatic heterocycles. The molecule has 216 valence electrons. The SMILES string of the molecule is C=CCCCCCCCCOCc1ccc(CNCc2ccc(COCCCCCCCCC=C)cc2)cc1. The zero-order valence-corrected chi connectivity index (χ0v) is 24.6. The van der Waals surface area contributed by atoms with Gasteiger partial charge in [0.2, 0.25) is 0 Å². The van der Waals surface area contributed by atoms with Gasteiger partial charge in [-0.25, -0.2) is 0 Å². The van der Waals surface area contributed by atoms with Crippen LogP contribution in [0.15, 0.2) is 73.8 Å². The van der Waals surface area contributed by atoms with Crippen molar-refractivity contribution in [1.29, 1.82) is 0 Å². The molecule has 0 fully saturated rings. The Kier molecular flexibility index (Phi) is 20.0. The van der Waals surface area contributed by atoms with Crippen LogP contribution in [0.3, 0.4) is 0 Å². The van der Waals surface area contributed by atoms with E-state index < -0.39 is 0 Å². The van der Waals surface area contributed by atoms with Crippen LogP contribution in [-0.4, -0.2) is 13.2 Å². The van der Waals surface area contributed by atoms with E-state index in [2.05, 4.69) is 67.0 Å². The van der Waals surface area contributed by atoms with E-state index in [4.69, 9.17) is 9.47 Å². The Bertz CT molecular complexity index is 772. The Morgan fingerprint density at radius 2 is 0.795 bits per heavy atom. The van der Waals surface area contributed by atoms with E-state index >= 15 is 0 Å². The predicted molar refractivity (Wildman–Crippen MR) is 168 cm³/mol. The molecule has 3 heteroatoms. The van der Waals surface area contributed by atoms with E-state index in [0.29, 0.717) is 13.2 Å². The van der Waals surface area contributed by atoms with Gasteiger partial charge in [-0.15, -0.1) is 13.2 Å². The van der Waals surface area contributed by atoms with E-state index in [1.54, 1.807) is 0 Å². The van der Waals surface area contributed by atoms with E-state index in [-0.39, 0.29) is 0 Å². The molecule has 2 aromatic rings. The average molecular weight is 534 g/mol. The normalized spacial score (nSPS) is 11.1. The first-order valence-electron chi connectivity index (χ1n) is 15.6. The number of hydrogen-bond acceptors (Lipinski definition) is 3. The molecule has 0 bridgehead atoms. The first-order chi connectivity index (χ1) is 19.3. The lowest BCUT2D eigenvalue weighted by molar-refractivity contribution is 0.116. The second kappa shape index (κ2) is 23.7. The zero-order valence-electron chi connectivity index (χ0n) is 24.6. The van der Waals surface area contributed by atoms with Gasteiger partial charge >= 0.3 is 0 Å². The Balaban J connectivity index is 1.47. The zero-order chi connectivity index (χ0) is 27.6. The molecule has 0 saturated heterocycles. The standard InChI is InChI=1S/C36H55NO2/c1-3-5-7-9-11-13-15-17-27-38-31-35-23-19-33(20-24-35)29-37-30-34-21-25-36(26-22-34)32-39-28-18-16-14-12-10-8-6-4-2/h3-4,19-26,37H,1-2,5-18,27-32H2. The van der Waals surface area contributed by atoms with E-state index in [0.717, 1.165) is 52.0 Å². The van der Waals surface area contributed by atoms with E-state index in [1.165, 1.54) is 86.5 Å². The summed E-state index contributed by atoms with van der Waals surface area (Å²) in [7, 11) is 0. The van der Waals surface area contributed by atoms with E-state index in [1.807, 2.05) is 12.2 Å². The minimum atomic E-state index is 0.708. The monoisotopic (exact) mass is 533 g/mol. The van der Waals surface area contributed by atoms with Crippen molar-refractivity contribution < 1.29 is 9.47 Å². The van der Waals surface area contributed by atoms with Gasteiger partial charge in [0, 0.05) is 26.3 Å². The Morgan fingerprint density at radius 3 is 1.18 bits per heavy atom. The van der Waals surface area contributed by atoms with Gasteiger partial charge < -0.3 is 14.8 Å². The predicted octanol–water partition coefficient (Wildman–Crippen LogP) is 9.84. The maximum atomic E-state index is 5.87. The minimum Gasteiger partial charge on any atom is -0.377 e. The van der Waals surface area contributed by atoms with Crippen LogP contribution in [0, 0.1) is 0 Å². The van der Waals surface area contributed by atoms with Crippen molar-refractivity contribution in [3.05, 3.63) is 96.1 Å². The molecule has 0 unspecified atom stereocenters. The minimum absolute atomic E-state index is 0.708. The topological polar surface area (TPSA) is 30.5 Å². The molecule has 1 N–H and O–H groups in total. The van der Waals surface area contributed by atoms with Crippen LogP contribution in [0.4, 0.5) is 0 Å². The maximum Gasteiger partial charge on any atom is 0.0716 e. The number of rotatable bonds is 26. The first-order valence-corrected chi connectivity index (χ1v) is 15.6. The van der Waals surface area contributed by atoms with Gasteiger partial charge in [0.25, 0.3) is 0 Å². The van der Waals surface area contributed by atoms with Gasteiger partial charge in [-0.3, -0.25) is 0 Å². The summed E-state index contributed by atoms with van der Waals surface area (Å²) in [4.78, 5) is 0. The van der Waals surface area contributed by atoms with Crippen molar-refractivity contribution >= 4 is 0 Å². The van der Waals surface area contributed by atoms with Crippen molar-refractivity contribution in [2.45, 2.75) is 116 Å². The van der Waals surface area contributed by atoms with Crippen LogP contribution in [0.1, 0.15) is 112 Å². The smallest absolute Gasteiger partial charge is 0.0716 e. The maximum absolute atomic E-state index is 5.87. The van der Waals surface area contributed by atoms with Crippen LogP contribution < -0.4 is 5.32 Å². The van der Waals surface area contributed by atoms with Gasteiger partial charge in [0.15, 0.2) is 0 Å². The number of unbranched alkanes of at least 4 members (excludes halogenated alkanes) is 12. The summed E-state index contributed by atoms with van der Waals surface area (Å²) < 4.78 is 11.7. The highest BCUT2D eigenvalue weighted by atomic mass is 16.5. The summed E-state index contributed by atoms with van der Waals surface area (Å²) in [5, 5.41) is 3.56. The lowest BCUT2D eigenvalue weighted by atomic mass is 10.1. The fraction of sp³-hybridized carbons (Fsp3) is 0.556. The summed E-state index contributed by atoms with van der Waals surface area (Å²) in [5.41, 5.74) is 5.11. The second-order valence-electron chi connectivity index (χ2n) is 10.7. The highest BCUT2D eigenvalue weighted by molar-refractivity contribution is 5.23. The third kappa shape index (κ3) is 17.9. The van der Waals surface area contributed by atoms with Gasteiger partial charge in [0.1, 0.15) is 0 Å². The van der Waals surface area contributed by atoms with Gasteiger partial charge in [-0.2, -0.15) is 0 Å². The van der Waals surface area contributed by atoms with Crippen LogP contribution in [0.5, 0.6) is 0 Å². The van der Waals surface area contributed by atoms with Gasteiger partial charge in [-0.1, -0.05) is 112 Å². The highest BCUT2D eigenvalue weighted by Crippen LogP contribution is 2.11. The molecule has 0 saturated carbocycles. The highest BCUT2D eigenvalue weighted by Gasteiger charge is 2.00. The molecule has 0 aliphatic carbocycles. The number of hydrogen-bond donors (Lipinski definition) is 1. The number of nitrogens with one attached hydrogen (secondary N) is 1. The molecule has 2 aromatic carbocycles. The molecule has 3 nitrogen and oxygen atoms in total. The molecule has 0 heterocycles. The van der Waals surface area contributed by atoms with Crippen molar-refractivity contribution in [2.75, 3.05) is 13.2 Å². The quantitative estimate of drug-likeness (QED) is 0.0964. The average Bonchev–Trinajstić information content (AvgIpc) is 2.96. The fourth-order valence-electron chi connectivity index (χ4n) is 4.64. The molecular formula is C36H55NO2. The van der Waals surface area contributed by atoms with Crippen molar-refractivity contribution in [3.8, 4) is 0 Å². The molecule has 0 aromatic heterocycles. The lowest BCUT2D eigenvalue weighted by Gasteiger charge is -2.09. The third-order valence-electron chi connectivity index (χ3n) is 7.14. The molecule has 2 rings (SSSR count). The molecular weight excluding hydrogens is 478 g/mol. The Labute approximate surface area is 240 Å². The van der Waals surface area contributed by atoms with Crippen molar-refractivity contribution in [3.63, 3.8) is 0 Å². The van der Waals surface area contributed by atoms with Crippen LogP contribution >= 0.6 is 0 Å². The summed E-state index contributed by atoms with van der Waals surface area (Å²) in [5.74, 6) is 0. The molecule has 39 heavy (non-hydrogen) atoms. The number of ether oxygens (including phenoxy) is 2. The molecule has 0 aliphatic rings. The van der Waals surface area contributed by atoms with Crippen LogP contribution in [-0.2, 0) is 35.8 Å². The van der Waals surface area contributed by atoms with Gasteiger partial charge in [-0.05, 0) is 60.8 Å². The van der Waals surface area contributed by atoms with Crippen molar-refractivity contribution in [1.82, 2.24) is 5.32 Å². The van der Waals surface area contributed by atoms with Crippen LogP contribution in [0.2, 0.25) is 0 Å². The third-order valence-corrected chi connectivity index (χ3v) is 7.14. The number of allylic oxidation sites excluding steroid dienone is 2. The fourth-order valence-corrected chi connectivity index (χ4v) is 4.64. The summed E-state index contributed by atoms with van der Waals surface area (Å²) >= 11 is 0. The molecule has 0 atom stereocenters. The number of benzene rings is 2. The molecule has 0 radical (unpaired) electrons. The van der Waals surface area contributed by atoms with Gasteiger partial charge in [0.05, 0.1) is 13.2 Å². The Hall–Kier alpha value is -2.20. The molecule has 0 amide bonds. The van der Waals surface area contributed by atoms with Crippen molar-refractivity contribution in [2.24, 2.45) is 0 Å². The van der Waals surface area contributed by atoms with Crippen LogP contribution in [0.25, 0.3) is 0 Å².